The molecule has 0 saturated heterocycles. The van der Waals surface area contributed by atoms with Crippen LogP contribution in [0.25, 0.3) is 0 Å². The highest BCUT2D eigenvalue weighted by molar-refractivity contribution is 5.85. The molecule has 0 saturated carbocycles. The highest BCUT2D eigenvalue weighted by Crippen LogP contribution is 2.12. The third-order valence-corrected chi connectivity index (χ3v) is 1.92. The maximum atomic E-state index is 10.3. The molecule has 0 fully saturated rings. The van der Waals surface area contributed by atoms with E-state index in [1.165, 1.54) is 0 Å². The largest absolute Gasteiger partial charge is 0.481 e. The second-order valence-corrected chi connectivity index (χ2v) is 3.49. The van der Waals surface area contributed by atoms with Gasteiger partial charge in [-0.3, -0.25) is 4.79 Å². The number of rotatable bonds is 6. The number of carboxylic acid groups (broad SMARTS) is 1. The molecule has 3 nitrogen and oxygen atoms in total. The Kier molecular flexibility index (Phi) is 9.74. The minimum absolute atomic E-state index is 0. The smallest absolute Gasteiger partial charge is 0.304 e. The molecule has 0 heterocycles. The van der Waals surface area contributed by atoms with Crippen LogP contribution in [0.4, 0.5) is 0 Å². The Bertz CT molecular complexity index is 142. The Morgan fingerprint density at radius 3 is 2.46 bits per heavy atom. The van der Waals surface area contributed by atoms with Crippen molar-refractivity contribution in [3.8, 4) is 0 Å². The summed E-state index contributed by atoms with van der Waals surface area (Å²) in [6.07, 6.45) is 3.18. The molecule has 0 bridgehead atoms. The lowest BCUT2D eigenvalue weighted by Crippen LogP contribution is -2.25. The predicted octanol–water partition coefficient (Wildman–Crippen LogP) is 2.04. The van der Waals surface area contributed by atoms with Gasteiger partial charge in [0.1, 0.15) is 0 Å². The molecule has 2 atom stereocenters. The Labute approximate surface area is 86.1 Å². The maximum Gasteiger partial charge on any atom is 0.304 e. The molecule has 0 aliphatic heterocycles. The number of nitrogens with two attached hydrogens (primary N) is 1. The van der Waals surface area contributed by atoms with Crippen molar-refractivity contribution in [3.63, 3.8) is 0 Å². The lowest BCUT2D eigenvalue weighted by molar-refractivity contribution is -0.137. The third kappa shape index (κ3) is 9.64. The molecule has 0 rings (SSSR count). The summed E-state index contributed by atoms with van der Waals surface area (Å²) in [6.45, 7) is 4.24. The van der Waals surface area contributed by atoms with Crippen LogP contribution in [-0.4, -0.2) is 17.1 Å². The van der Waals surface area contributed by atoms with E-state index in [0.717, 1.165) is 19.3 Å². The van der Waals surface area contributed by atoms with E-state index in [2.05, 4.69) is 13.8 Å². The van der Waals surface area contributed by atoms with Gasteiger partial charge in [0.05, 0.1) is 6.42 Å². The zero-order chi connectivity index (χ0) is 9.56. The molecule has 0 spiro atoms. The van der Waals surface area contributed by atoms with Gasteiger partial charge in [-0.15, -0.1) is 12.4 Å². The SMILES string of the molecule is CCC[C@@H](C)C[C@H](N)CC(=O)O.Cl. The van der Waals surface area contributed by atoms with Crippen LogP contribution in [0.3, 0.4) is 0 Å². The number of halogens is 1. The number of hydrogen-bond donors (Lipinski definition) is 2. The zero-order valence-electron chi connectivity index (χ0n) is 8.32. The minimum atomic E-state index is -0.800. The van der Waals surface area contributed by atoms with Crippen LogP contribution in [-0.2, 0) is 4.79 Å². The molecule has 3 N–H and O–H groups in total. The minimum Gasteiger partial charge on any atom is -0.481 e. The van der Waals surface area contributed by atoms with Crippen molar-refractivity contribution in [1.29, 1.82) is 0 Å². The van der Waals surface area contributed by atoms with E-state index < -0.39 is 5.97 Å². The van der Waals surface area contributed by atoms with Crippen molar-refractivity contribution in [3.05, 3.63) is 0 Å². The van der Waals surface area contributed by atoms with Crippen LogP contribution in [0.5, 0.6) is 0 Å². The summed E-state index contributed by atoms with van der Waals surface area (Å²) >= 11 is 0. The summed E-state index contributed by atoms with van der Waals surface area (Å²) in [5.41, 5.74) is 5.62. The van der Waals surface area contributed by atoms with Crippen LogP contribution < -0.4 is 5.73 Å². The average molecular weight is 210 g/mol. The molecule has 0 aromatic heterocycles. The van der Waals surface area contributed by atoms with E-state index >= 15 is 0 Å². The second-order valence-electron chi connectivity index (χ2n) is 3.49. The topological polar surface area (TPSA) is 63.3 Å². The van der Waals surface area contributed by atoms with E-state index in [1.807, 2.05) is 0 Å². The van der Waals surface area contributed by atoms with Gasteiger partial charge in [-0.1, -0.05) is 26.7 Å². The van der Waals surface area contributed by atoms with Crippen LogP contribution in [0.1, 0.15) is 39.5 Å². The first kappa shape index (κ1) is 15.2. The van der Waals surface area contributed by atoms with Crippen molar-refractivity contribution >= 4 is 18.4 Å². The maximum absolute atomic E-state index is 10.3. The van der Waals surface area contributed by atoms with Gasteiger partial charge in [0.15, 0.2) is 0 Å². The molecule has 0 unspecified atom stereocenters. The van der Waals surface area contributed by atoms with Gasteiger partial charge in [-0.25, -0.2) is 0 Å². The molecule has 0 radical (unpaired) electrons. The number of aliphatic carboxylic acids is 1. The van der Waals surface area contributed by atoms with E-state index in [9.17, 15) is 4.79 Å². The van der Waals surface area contributed by atoms with E-state index in [4.69, 9.17) is 10.8 Å². The Hall–Kier alpha value is -0.280. The monoisotopic (exact) mass is 209 g/mol. The molecular weight excluding hydrogens is 190 g/mol. The normalized spacial score (nSPS) is 14.4. The first-order chi connectivity index (χ1) is 5.56. The highest BCUT2D eigenvalue weighted by atomic mass is 35.5. The number of hydrogen-bond acceptors (Lipinski definition) is 2. The van der Waals surface area contributed by atoms with E-state index in [1.54, 1.807) is 0 Å². The lowest BCUT2D eigenvalue weighted by Gasteiger charge is -2.14. The molecular formula is C9H20ClNO2. The predicted molar refractivity (Wildman–Crippen MR) is 56.2 cm³/mol. The van der Waals surface area contributed by atoms with Crippen LogP contribution >= 0.6 is 12.4 Å². The molecule has 0 amide bonds. The molecule has 13 heavy (non-hydrogen) atoms. The van der Waals surface area contributed by atoms with Gasteiger partial charge in [0.25, 0.3) is 0 Å². The fraction of sp³-hybridized carbons (Fsp3) is 0.889. The summed E-state index contributed by atoms with van der Waals surface area (Å²) in [5.74, 6) is -0.254. The van der Waals surface area contributed by atoms with Crippen LogP contribution in [0, 0.1) is 5.92 Å². The quantitative estimate of drug-likeness (QED) is 0.704. The molecule has 0 aromatic rings. The van der Waals surface area contributed by atoms with Gasteiger partial charge in [-0.2, -0.15) is 0 Å². The first-order valence-corrected chi connectivity index (χ1v) is 4.53. The Morgan fingerprint density at radius 2 is 2.08 bits per heavy atom. The fourth-order valence-corrected chi connectivity index (χ4v) is 1.44. The van der Waals surface area contributed by atoms with Crippen molar-refractivity contribution in [2.45, 2.75) is 45.6 Å². The van der Waals surface area contributed by atoms with Crippen LogP contribution in [0.2, 0.25) is 0 Å². The zero-order valence-corrected chi connectivity index (χ0v) is 9.14. The Morgan fingerprint density at radius 1 is 1.54 bits per heavy atom. The summed E-state index contributed by atoms with van der Waals surface area (Å²) in [6, 6.07) is -0.177. The van der Waals surface area contributed by atoms with E-state index in [0.29, 0.717) is 5.92 Å². The molecule has 0 aliphatic carbocycles. The lowest BCUT2D eigenvalue weighted by atomic mass is 9.96. The van der Waals surface area contributed by atoms with Gasteiger partial charge in [0.2, 0.25) is 0 Å². The first-order valence-electron chi connectivity index (χ1n) is 4.53. The standard InChI is InChI=1S/C9H19NO2.ClH/c1-3-4-7(2)5-8(10)6-9(11)12;/h7-8H,3-6,10H2,1-2H3,(H,11,12);1H/t7-,8+;/m1./s1. The van der Waals surface area contributed by atoms with Gasteiger partial charge < -0.3 is 10.8 Å². The Balaban J connectivity index is 0. The average Bonchev–Trinajstić information content (AvgIpc) is 1.84. The van der Waals surface area contributed by atoms with Crippen LogP contribution in [0.15, 0.2) is 0 Å². The summed E-state index contributed by atoms with van der Waals surface area (Å²) < 4.78 is 0. The van der Waals surface area contributed by atoms with Gasteiger partial charge >= 0.3 is 5.97 Å². The number of carbonyl (C=O) groups is 1. The van der Waals surface area contributed by atoms with Crippen molar-refractivity contribution in [2.24, 2.45) is 11.7 Å². The van der Waals surface area contributed by atoms with Crippen molar-refractivity contribution in [2.75, 3.05) is 0 Å². The van der Waals surface area contributed by atoms with Gasteiger partial charge in [0, 0.05) is 6.04 Å². The van der Waals surface area contributed by atoms with Crippen molar-refractivity contribution < 1.29 is 9.90 Å². The molecule has 80 valence electrons. The van der Waals surface area contributed by atoms with E-state index in [-0.39, 0.29) is 24.9 Å². The summed E-state index contributed by atoms with van der Waals surface area (Å²) in [4.78, 5) is 10.3. The third-order valence-electron chi connectivity index (χ3n) is 1.92. The van der Waals surface area contributed by atoms with Gasteiger partial charge in [-0.05, 0) is 12.3 Å². The summed E-state index contributed by atoms with van der Waals surface area (Å²) in [7, 11) is 0. The summed E-state index contributed by atoms with van der Waals surface area (Å²) in [5, 5.41) is 8.45. The number of carboxylic acids is 1. The molecule has 4 heteroatoms. The second kappa shape index (κ2) is 8.32. The van der Waals surface area contributed by atoms with Crippen molar-refractivity contribution in [1.82, 2.24) is 0 Å². The fourth-order valence-electron chi connectivity index (χ4n) is 1.44. The molecule has 0 aromatic carbocycles. The molecule has 0 aliphatic rings. The highest BCUT2D eigenvalue weighted by Gasteiger charge is 2.11.